The number of nitrogens with one attached hydrogen (secondary N) is 2. The molecule has 0 atom stereocenters. The van der Waals surface area contributed by atoms with Crippen molar-refractivity contribution in [1.29, 1.82) is 0 Å². The zero-order valence-electron chi connectivity index (χ0n) is 10.8. The fourth-order valence-corrected chi connectivity index (χ4v) is 1.97. The van der Waals surface area contributed by atoms with Crippen molar-refractivity contribution in [3.05, 3.63) is 23.8 Å². The van der Waals surface area contributed by atoms with Gasteiger partial charge in [-0.25, -0.2) is 0 Å². The van der Waals surface area contributed by atoms with E-state index in [1.807, 2.05) is 6.07 Å². The van der Waals surface area contributed by atoms with E-state index in [2.05, 4.69) is 10.6 Å². The first kappa shape index (κ1) is 13.3. The summed E-state index contributed by atoms with van der Waals surface area (Å²) in [6, 6.07) is 5.39. The Hall–Kier alpha value is -2.17. The molecule has 1 aliphatic heterocycles. The Bertz CT molecular complexity index is 537. The molecule has 19 heavy (non-hydrogen) atoms. The summed E-state index contributed by atoms with van der Waals surface area (Å²) in [4.78, 5) is 33.6. The summed E-state index contributed by atoms with van der Waals surface area (Å²) in [5.74, 6) is -0.149. The Kier molecular flexibility index (Phi) is 3.94. The Labute approximate surface area is 111 Å². The lowest BCUT2D eigenvalue weighted by Gasteiger charge is -2.17. The summed E-state index contributed by atoms with van der Waals surface area (Å²) in [6.07, 6.45) is 1.60. The SMILES string of the molecule is CC(=O)CCC(=O)Nc1ccc2c(c1)CCC(=O)N2. The first-order valence-corrected chi connectivity index (χ1v) is 6.26. The molecule has 1 aliphatic rings. The number of fused-ring (bicyclic) bond motifs is 1. The summed E-state index contributed by atoms with van der Waals surface area (Å²) in [5.41, 5.74) is 2.52. The molecule has 0 aromatic heterocycles. The zero-order valence-corrected chi connectivity index (χ0v) is 10.8. The standard InChI is InChI=1S/C14H16N2O3/c1-9(17)2-6-13(18)15-11-4-5-12-10(8-11)3-7-14(19)16-12/h4-5,8H,2-3,6-7H2,1H3,(H,15,18)(H,16,19). The second-order valence-electron chi connectivity index (χ2n) is 4.67. The van der Waals surface area contributed by atoms with Gasteiger partial charge in [0.1, 0.15) is 5.78 Å². The van der Waals surface area contributed by atoms with Gasteiger partial charge in [-0.3, -0.25) is 9.59 Å². The van der Waals surface area contributed by atoms with E-state index in [4.69, 9.17) is 0 Å². The van der Waals surface area contributed by atoms with Gasteiger partial charge < -0.3 is 15.4 Å². The monoisotopic (exact) mass is 260 g/mol. The van der Waals surface area contributed by atoms with Crippen molar-refractivity contribution in [2.45, 2.75) is 32.6 Å². The second-order valence-corrected chi connectivity index (χ2v) is 4.67. The smallest absolute Gasteiger partial charge is 0.224 e. The molecular formula is C14H16N2O3. The molecule has 2 N–H and O–H groups in total. The number of ketones is 1. The number of carbonyl (C=O) groups excluding carboxylic acids is 3. The van der Waals surface area contributed by atoms with Crippen LogP contribution in [0.2, 0.25) is 0 Å². The fourth-order valence-electron chi connectivity index (χ4n) is 1.97. The number of hydrogen-bond acceptors (Lipinski definition) is 3. The van der Waals surface area contributed by atoms with E-state index in [0.29, 0.717) is 18.5 Å². The minimum absolute atomic E-state index is 0.00306. The first-order valence-electron chi connectivity index (χ1n) is 6.26. The highest BCUT2D eigenvalue weighted by atomic mass is 16.2. The van der Waals surface area contributed by atoms with Crippen molar-refractivity contribution in [1.82, 2.24) is 0 Å². The highest BCUT2D eigenvalue weighted by molar-refractivity contribution is 5.96. The maximum absolute atomic E-state index is 11.6. The number of amides is 2. The Balaban J connectivity index is 2.00. The van der Waals surface area contributed by atoms with E-state index in [-0.39, 0.29) is 30.4 Å². The zero-order chi connectivity index (χ0) is 13.8. The summed E-state index contributed by atoms with van der Waals surface area (Å²) in [7, 11) is 0. The van der Waals surface area contributed by atoms with Crippen LogP contribution in [0.3, 0.4) is 0 Å². The van der Waals surface area contributed by atoms with Crippen LogP contribution in [0, 0.1) is 0 Å². The van der Waals surface area contributed by atoms with Crippen molar-refractivity contribution in [2.75, 3.05) is 10.6 Å². The normalized spacial score (nSPS) is 13.4. The van der Waals surface area contributed by atoms with Crippen LogP contribution in [-0.4, -0.2) is 17.6 Å². The van der Waals surface area contributed by atoms with Crippen LogP contribution in [-0.2, 0) is 20.8 Å². The third kappa shape index (κ3) is 3.64. The van der Waals surface area contributed by atoms with E-state index in [1.54, 1.807) is 12.1 Å². The molecule has 0 unspecified atom stereocenters. The van der Waals surface area contributed by atoms with Crippen molar-refractivity contribution in [3.8, 4) is 0 Å². The third-order valence-electron chi connectivity index (χ3n) is 2.99. The second kappa shape index (κ2) is 5.65. The Morgan fingerprint density at radius 2 is 2.05 bits per heavy atom. The molecule has 1 heterocycles. The first-order chi connectivity index (χ1) is 9.04. The van der Waals surface area contributed by atoms with Gasteiger partial charge in [0.05, 0.1) is 0 Å². The largest absolute Gasteiger partial charge is 0.326 e. The number of hydrogen-bond donors (Lipinski definition) is 2. The molecule has 1 aromatic carbocycles. The van der Waals surface area contributed by atoms with Gasteiger partial charge in [0.15, 0.2) is 0 Å². The summed E-state index contributed by atoms with van der Waals surface area (Å²) < 4.78 is 0. The molecule has 2 rings (SSSR count). The lowest BCUT2D eigenvalue weighted by molar-refractivity contribution is -0.121. The number of aryl methyl sites for hydroxylation is 1. The highest BCUT2D eigenvalue weighted by Crippen LogP contribution is 2.25. The summed E-state index contributed by atoms with van der Waals surface area (Å²) in [5, 5.41) is 5.54. The molecule has 0 saturated carbocycles. The minimum Gasteiger partial charge on any atom is -0.326 e. The maximum atomic E-state index is 11.6. The van der Waals surface area contributed by atoms with Crippen LogP contribution in [0.25, 0.3) is 0 Å². The van der Waals surface area contributed by atoms with Gasteiger partial charge in [0.2, 0.25) is 11.8 Å². The summed E-state index contributed by atoms with van der Waals surface area (Å²) >= 11 is 0. The number of benzene rings is 1. The molecule has 100 valence electrons. The highest BCUT2D eigenvalue weighted by Gasteiger charge is 2.15. The predicted molar refractivity (Wildman–Crippen MR) is 71.9 cm³/mol. The van der Waals surface area contributed by atoms with Gasteiger partial charge in [0.25, 0.3) is 0 Å². The van der Waals surface area contributed by atoms with Gasteiger partial charge >= 0.3 is 0 Å². The van der Waals surface area contributed by atoms with Crippen molar-refractivity contribution >= 4 is 29.0 Å². The van der Waals surface area contributed by atoms with Crippen LogP contribution in [0.15, 0.2) is 18.2 Å². The van der Waals surface area contributed by atoms with Gasteiger partial charge in [-0.2, -0.15) is 0 Å². The van der Waals surface area contributed by atoms with Crippen LogP contribution in [0.1, 0.15) is 31.7 Å². The molecule has 5 heteroatoms. The van der Waals surface area contributed by atoms with E-state index in [9.17, 15) is 14.4 Å². The molecule has 0 bridgehead atoms. The maximum Gasteiger partial charge on any atom is 0.224 e. The van der Waals surface area contributed by atoms with Gasteiger partial charge in [0, 0.05) is 30.6 Å². The molecule has 0 radical (unpaired) electrons. The van der Waals surface area contributed by atoms with Gasteiger partial charge in [-0.1, -0.05) is 0 Å². The lowest BCUT2D eigenvalue weighted by Crippen LogP contribution is -2.19. The van der Waals surface area contributed by atoms with Gasteiger partial charge in [-0.15, -0.1) is 0 Å². The minimum atomic E-state index is -0.171. The Morgan fingerprint density at radius 3 is 2.79 bits per heavy atom. The van der Waals surface area contributed by atoms with Crippen LogP contribution >= 0.6 is 0 Å². The third-order valence-corrected chi connectivity index (χ3v) is 2.99. The van der Waals surface area contributed by atoms with Crippen molar-refractivity contribution in [2.24, 2.45) is 0 Å². The van der Waals surface area contributed by atoms with Crippen molar-refractivity contribution in [3.63, 3.8) is 0 Å². The van der Waals surface area contributed by atoms with E-state index >= 15 is 0 Å². The quantitative estimate of drug-likeness (QED) is 0.867. The number of Topliss-reactive ketones (excluding diaryl/α,β-unsaturated/α-hetero) is 1. The molecule has 1 aromatic rings. The molecule has 0 saturated heterocycles. The van der Waals surface area contributed by atoms with Crippen molar-refractivity contribution < 1.29 is 14.4 Å². The average Bonchev–Trinajstić information content (AvgIpc) is 2.36. The summed E-state index contributed by atoms with van der Waals surface area (Å²) in [6.45, 7) is 1.47. The molecule has 5 nitrogen and oxygen atoms in total. The predicted octanol–water partition coefficient (Wildman–Crippen LogP) is 1.88. The number of carbonyl (C=O) groups is 3. The molecular weight excluding hydrogens is 244 g/mol. The molecule has 0 spiro atoms. The number of anilines is 2. The fraction of sp³-hybridized carbons (Fsp3) is 0.357. The molecule has 0 fully saturated rings. The molecule has 0 aliphatic carbocycles. The Morgan fingerprint density at radius 1 is 1.26 bits per heavy atom. The lowest BCUT2D eigenvalue weighted by atomic mass is 10.0. The van der Waals surface area contributed by atoms with E-state index in [0.717, 1.165) is 11.3 Å². The van der Waals surface area contributed by atoms with Crippen LogP contribution in [0.4, 0.5) is 11.4 Å². The van der Waals surface area contributed by atoms with E-state index in [1.165, 1.54) is 6.92 Å². The number of rotatable bonds is 4. The van der Waals surface area contributed by atoms with Gasteiger partial charge in [-0.05, 0) is 37.1 Å². The molecule has 2 amide bonds. The topological polar surface area (TPSA) is 75.3 Å². The average molecular weight is 260 g/mol. The van der Waals surface area contributed by atoms with Crippen LogP contribution in [0.5, 0.6) is 0 Å². The van der Waals surface area contributed by atoms with Crippen LogP contribution < -0.4 is 10.6 Å². The van der Waals surface area contributed by atoms with E-state index < -0.39 is 0 Å².